The zero-order valence-electron chi connectivity index (χ0n) is 19.8. The number of ketones is 1. The maximum absolute atomic E-state index is 14.1. The molecule has 0 amide bonds. The standard InChI is InChI=1S/C30H27NO3Si/c1-33-24-13-9-12-23(21-24)29(32)30(27-18-10-11-22-19-20-31-28(22)27)34-35(2,25-14-5-3-6-15-25)26-16-7-4-8-17-26/h3-21,30-31H,1-2H3/t30-/m0/s1. The van der Waals surface area contributed by atoms with E-state index in [1.54, 1.807) is 13.2 Å². The molecule has 5 aromatic rings. The molecule has 0 aliphatic heterocycles. The summed E-state index contributed by atoms with van der Waals surface area (Å²) in [5.74, 6) is 0.537. The fourth-order valence-corrected chi connectivity index (χ4v) is 7.53. The predicted molar refractivity (Wildman–Crippen MR) is 143 cm³/mol. The number of ether oxygens (including phenoxy) is 1. The zero-order chi connectivity index (χ0) is 24.3. The van der Waals surface area contributed by atoms with Crippen LogP contribution in [0.3, 0.4) is 0 Å². The van der Waals surface area contributed by atoms with Gasteiger partial charge in [-0.25, -0.2) is 0 Å². The lowest BCUT2D eigenvalue weighted by atomic mass is 9.98. The average molecular weight is 478 g/mol. The number of para-hydroxylation sites is 1. The van der Waals surface area contributed by atoms with Crippen molar-refractivity contribution in [3.8, 4) is 5.75 Å². The van der Waals surface area contributed by atoms with Gasteiger partial charge in [0.05, 0.1) is 12.6 Å². The molecule has 5 heteroatoms. The van der Waals surface area contributed by atoms with Crippen molar-refractivity contribution >= 4 is 35.4 Å². The molecular formula is C30H27NO3Si. The largest absolute Gasteiger partial charge is 0.497 e. The summed E-state index contributed by atoms with van der Waals surface area (Å²) in [4.78, 5) is 17.5. The van der Waals surface area contributed by atoms with Crippen LogP contribution in [0, 0.1) is 0 Å². The quantitative estimate of drug-likeness (QED) is 0.237. The minimum absolute atomic E-state index is 0.100. The Bertz CT molecular complexity index is 1410. The third kappa shape index (κ3) is 4.44. The molecular weight excluding hydrogens is 450 g/mol. The highest BCUT2D eigenvalue weighted by molar-refractivity contribution is 6.96. The number of carbonyl (C=O) groups is 1. The number of nitrogens with one attached hydrogen (secondary N) is 1. The maximum atomic E-state index is 14.1. The number of fused-ring (bicyclic) bond motifs is 1. The van der Waals surface area contributed by atoms with Gasteiger partial charge in [-0.05, 0) is 40.5 Å². The zero-order valence-corrected chi connectivity index (χ0v) is 20.8. The van der Waals surface area contributed by atoms with Crippen LogP contribution >= 0.6 is 0 Å². The Morgan fingerprint density at radius 2 is 1.46 bits per heavy atom. The second kappa shape index (κ2) is 9.74. The molecule has 1 heterocycles. The number of hydrogen-bond acceptors (Lipinski definition) is 3. The molecule has 1 atom stereocenters. The van der Waals surface area contributed by atoms with Crippen LogP contribution < -0.4 is 15.1 Å². The van der Waals surface area contributed by atoms with E-state index in [4.69, 9.17) is 9.16 Å². The molecule has 0 unspecified atom stereocenters. The lowest BCUT2D eigenvalue weighted by molar-refractivity contribution is 0.0787. The van der Waals surface area contributed by atoms with Gasteiger partial charge in [0.25, 0.3) is 8.32 Å². The number of carbonyl (C=O) groups excluding carboxylic acids is 1. The van der Waals surface area contributed by atoms with Crippen LogP contribution in [0.4, 0.5) is 0 Å². The highest BCUT2D eigenvalue weighted by Crippen LogP contribution is 2.32. The fraction of sp³-hybridized carbons (Fsp3) is 0.100. The second-order valence-electron chi connectivity index (χ2n) is 8.65. The summed E-state index contributed by atoms with van der Waals surface area (Å²) in [7, 11) is -1.19. The van der Waals surface area contributed by atoms with Crippen molar-refractivity contribution in [1.82, 2.24) is 4.98 Å². The summed E-state index contributed by atoms with van der Waals surface area (Å²) in [5.41, 5.74) is 2.28. The molecule has 1 N–H and O–H groups in total. The topological polar surface area (TPSA) is 51.3 Å². The lowest BCUT2D eigenvalue weighted by Gasteiger charge is -2.33. The number of methoxy groups -OCH3 is 1. The van der Waals surface area contributed by atoms with Crippen molar-refractivity contribution in [2.75, 3.05) is 7.11 Å². The summed E-state index contributed by atoms with van der Waals surface area (Å²) in [6.45, 7) is 2.17. The first kappa shape index (κ1) is 22.8. The van der Waals surface area contributed by atoms with E-state index in [2.05, 4.69) is 35.8 Å². The Hall–Kier alpha value is -3.93. The molecule has 0 saturated heterocycles. The van der Waals surface area contributed by atoms with Gasteiger partial charge in [0.1, 0.15) is 11.9 Å². The molecule has 0 fully saturated rings. The van der Waals surface area contributed by atoms with Crippen LogP contribution in [0.5, 0.6) is 5.75 Å². The molecule has 1 aromatic heterocycles. The molecule has 0 radical (unpaired) electrons. The lowest BCUT2D eigenvalue weighted by Crippen LogP contribution is -2.59. The minimum Gasteiger partial charge on any atom is -0.497 e. The van der Waals surface area contributed by atoms with E-state index in [-0.39, 0.29) is 5.78 Å². The second-order valence-corrected chi connectivity index (χ2v) is 12.1. The molecule has 0 spiro atoms. The molecule has 35 heavy (non-hydrogen) atoms. The van der Waals surface area contributed by atoms with Crippen molar-refractivity contribution in [2.45, 2.75) is 12.7 Å². The third-order valence-corrected chi connectivity index (χ3v) is 10.1. The molecule has 4 aromatic carbocycles. The predicted octanol–water partition coefficient (Wildman–Crippen LogP) is 5.51. The van der Waals surface area contributed by atoms with Gasteiger partial charge in [-0.3, -0.25) is 4.79 Å². The number of Topliss-reactive ketones (excluding diaryl/α,β-unsaturated/α-hetero) is 1. The highest BCUT2D eigenvalue weighted by atomic mass is 28.4. The molecule has 5 rings (SSSR count). The van der Waals surface area contributed by atoms with Crippen molar-refractivity contribution in [3.63, 3.8) is 0 Å². The van der Waals surface area contributed by atoms with Gasteiger partial charge in [0.2, 0.25) is 0 Å². The summed E-state index contributed by atoms with van der Waals surface area (Å²) in [6.07, 6.45) is 1.09. The van der Waals surface area contributed by atoms with E-state index in [1.807, 2.05) is 85.1 Å². The molecule has 0 bridgehead atoms. The summed E-state index contributed by atoms with van der Waals surface area (Å²) < 4.78 is 12.5. The van der Waals surface area contributed by atoms with E-state index in [1.165, 1.54) is 0 Å². The first-order chi connectivity index (χ1) is 17.1. The first-order valence-corrected chi connectivity index (χ1v) is 14.0. The van der Waals surface area contributed by atoms with Crippen molar-refractivity contribution in [3.05, 3.63) is 127 Å². The van der Waals surface area contributed by atoms with Crippen LogP contribution in [0.1, 0.15) is 22.0 Å². The number of aromatic nitrogens is 1. The number of benzene rings is 4. The Kier molecular flexibility index (Phi) is 6.36. The average Bonchev–Trinajstić information content (AvgIpc) is 3.42. The van der Waals surface area contributed by atoms with Gasteiger partial charge in [-0.15, -0.1) is 0 Å². The van der Waals surface area contributed by atoms with Gasteiger partial charge < -0.3 is 14.1 Å². The summed E-state index contributed by atoms with van der Waals surface area (Å²) in [5, 5.41) is 3.25. The summed E-state index contributed by atoms with van der Waals surface area (Å²) >= 11 is 0. The monoisotopic (exact) mass is 477 g/mol. The van der Waals surface area contributed by atoms with Crippen LogP contribution in [-0.4, -0.2) is 26.2 Å². The van der Waals surface area contributed by atoms with E-state index in [9.17, 15) is 4.79 Å². The van der Waals surface area contributed by atoms with E-state index in [0.717, 1.165) is 26.8 Å². The normalized spacial score (nSPS) is 12.4. The number of aromatic amines is 1. The number of hydrogen-bond donors (Lipinski definition) is 1. The smallest absolute Gasteiger partial charge is 0.254 e. The first-order valence-electron chi connectivity index (χ1n) is 11.6. The Morgan fingerprint density at radius 1 is 0.800 bits per heavy atom. The summed E-state index contributed by atoms with van der Waals surface area (Å²) in [6, 6.07) is 35.8. The molecule has 4 nitrogen and oxygen atoms in total. The van der Waals surface area contributed by atoms with E-state index in [0.29, 0.717) is 11.3 Å². The van der Waals surface area contributed by atoms with Crippen LogP contribution in [-0.2, 0) is 4.43 Å². The van der Waals surface area contributed by atoms with Crippen LogP contribution in [0.25, 0.3) is 10.9 Å². The third-order valence-electron chi connectivity index (χ3n) is 6.50. The highest BCUT2D eigenvalue weighted by Gasteiger charge is 2.40. The van der Waals surface area contributed by atoms with Gasteiger partial charge in [0.15, 0.2) is 5.78 Å². The molecule has 0 saturated carbocycles. The van der Waals surface area contributed by atoms with Crippen molar-refractivity contribution < 1.29 is 14.0 Å². The van der Waals surface area contributed by atoms with Gasteiger partial charge in [-0.1, -0.05) is 91.0 Å². The van der Waals surface area contributed by atoms with E-state index < -0.39 is 14.4 Å². The molecule has 174 valence electrons. The number of rotatable bonds is 8. The van der Waals surface area contributed by atoms with Gasteiger partial charge >= 0.3 is 0 Å². The molecule has 0 aliphatic rings. The van der Waals surface area contributed by atoms with Gasteiger partial charge in [0, 0.05) is 17.3 Å². The van der Waals surface area contributed by atoms with Crippen LogP contribution in [0.15, 0.2) is 115 Å². The van der Waals surface area contributed by atoms with E-state index >= 15 is 0 Å². The Balaban J connectivity index is 1.69. The van der Waals surface area contributed by atoms with Gasteiger partial charge in [-0.2, -0.15) is 0 Å². The fourth-order valence-electron chi connectivity index (χ4n) is 4.56. The van der Waals surface area contributed by atoms with Crippen molar-refractivity contribution in [2.24, 2.45) is 0 Å². The van der Waals surface area contributed by atoms with Crippen molar-refractivity contribution in [1.29, 1.82) is 0 Å². The minimum atomic E-state index is -2.80. The molecule has 0 aliphatic carbocycles. The maximum Gasteiger partial charge on any atom is 0.254 e. The Labute approximate surface area is 206 Å². The van der Waals surface area contributed by atoms with Crippen LogP contribution in [0.2, 0.25) is 6.55 Å². The Morgan fingerprint density at radius 3 is 2.11 bits per heavy atom. The SMILES string of the molecule is COc1cccc(C(=O)[C@@H](O[Si](C)(c2ccccc2)c2ccccc2)c2cccc3cc[nH]c23)c1. The number of H-pyrrole nitrogens is 1.